The average molecular weight is 236 g/mol. The zero-order valence-corrected chi connectivity index (χ0v) is 10.8. The number of nitrogens with two attached hydrogens (primary N) is 1. The van der Waals surface area contributed by atoms with Crippen molar-refractivity contribution < 1.29 is 4.79 Å². The topological polar surface area (TPSA) is 46.3 Å². The molecule has 3 heteroatoms. The van der Waals surface area contributed by atoms with Gasteiger partial charge in [-0.25, -0.2) is 0 Å². The van der Waals surface area contributed by atoms with E-state index in [0.717, 1.165) is 24.7 Å². The van der Waals surface area contributed by atoms with Crippen molar-refractivity contribution in [1.82, 2.24) is 4.90 Å². The van der Waals surface area contributed by atoms with E-state index < -0.39 is 0 Å². The van der Waals surface area contributed by atoms with Crippen LogP contribution in [0.25, 0.3) is 0 Å². The molecule has 0 aromatic rings. The lowest BCUT2D eigenvalue weighted by Crippen LogP contribution is -2.52. The first kappa shape index (κ1) is 11.5. The predicted molar refractivity (Wildman–Crippen MR) is 67.3 cm³/mol. The zero-order valence-electron chi connectivity index (χ0n) is 10.8. The Kier molecular flexibility index (Phi) is 2.89. The summed E-state index contributed by atoms with van der Waals surface area (Å²) in [4.78, 5) is 14.8. The van der Waals surface area contributed by atoms with Crippen LogP contribution in [0.3, 0.4) is 0 Å². The average Bonchev–Trinajstić information content (AvgIpc) is 2.81. The fraction of sp³-hybridized carbons (Fsp3) is 0.929. The van der Waals surface area contributed by atoms with E-state index in [1.807, 2.05) is 0 Å². The molecule has 0 bridgehead atoms. The predicted octanol–water partition coefficient (Wildman–Crippen LogP) is 1.76. The number of nitrogens with zero attached hydrogens (tertiary/aromatic N) is 1. The van der Waals surface area contributed by atoms with Crippen molar-refractivity contribution in [2.45, 2.75) is 57.5 Å². The van der Waals surface area contributed by atoms with E-state index in [-0.39, 0.29) is 0 Å². The quantitative estimate of drug-likeness (QED) is 0.794. The van der Waals surface area contributed by atoms with Crippen LogP contribution in [0.4, 0.5) is 0 Å². The Hall–Kier alpha value is -0.570. The number of rotatable bonds is 2. The van der Waals surface area contributed by atoms with Crippen molar-refractivity contribution in [3.05, 3.63) is 0 Å². The molecule has 2 aliphatic carbocycles. The summed E-state index contributed by atoms with van der Waals surface area (Å²) in [6.45, 7) is 2.83. The number of likely N-dealkylation sites (tertiary alicyclic amines) is 1. The largest absolute Gasteiger partial charge is 0.335 e. The van der Waals surface area contributed by atoms with Gasteiger partial charge in [-0.2, -0.15) is 0 Å². The maximum Gasteiger partial charge on any atom is 0.226 e. The standard InChI is InChI=1S/C14H24N2O/c1-9-4-2-5-10(8-15)16(9)14(17)13-11-6-3-7-12(11)13/h9-13H,2-8,15H2,1H3. The van der Waals surface area contributed by atoms with Gasteiger partial charge in [-0.05, 0) is 50.9 Å². The van der Waals surface area contributed by atoms with Gasteiger partial charge in [-0.15, -0.1) is 0 Å². The normalized spacial score (nSPS) is 44.6. The van der Waals surface area contributed by atoms with Gasteiger partial charge in [0.05, 0.1) is 0 Å². The molecule has 3 rings (SSSR count). The fourth-order valence-corrected chi connectivity index (χ4v) is 4.28. The summed E-state index contributed by atoms with van der Waals surface area (Å²) in [5.74, 6) is 2.27. The molecule has 0 radical (unpaired) electrons. The number of fused-ring (bicyclic) bond motifs is 1. The summed E-state index contributed by atoms with van der Waals surface area (Å²) in [5, 5.41) is 0. The summed E-state index contributed by atoms with van der Waals surface area (Å²) in [6, 6.07) is 0.721. The molecule has 2 saturated carbocycles. The van der Waals surface area contributed by atoms with Crippen LogP contribution in [0.15, 0.2) is 0 Å². The molecule has 2 N–H and O–H groups in total. The molecule has 1 amide bonds. The first-order valence-electron chi connectivity index (χ1n) is 7.26. The lowest BCUT2D eigenvalue weighted by molar-refractivity contribution is -0.139. The summed E-state index contributed by atoms with van der Waals surface area (Å²) in [7, 11) is 0. The summed E-state index contributed by atoms with van der Waals surface area (Å²) < 4.78 is 0. The van der Waals surface area contributed by atoms with Crippen molar-refractivity contribution >= 4 is 5.91 Å². The second-order valence-corrected chi connectivity index (χ2v) is 6.20. The van der Waals surface area contributed by atoms with Gasteiger partial charge >= 0.3 is 0 Å². The van der Waals surface area contributed by atoms with E-state index in [9.17, 15) is 4.79 Å². The van der Waals surface area contributed by atoms with E-state index in [1.54, 1.807) is 0 Å². The van der Waals surface area contributed by atoms with Crippen LogP contribution in [-0.2, 0) is 4.79 Å². The molecule has 4 unspecified atom stereocenters. The second-order valence-electron chi connectivity index (χ2n) is 6.20. The Morgan fingerprint density at radius 3 is 2.47 bits per heavy atom. The third kappa shape index (κ3) is 1.79. The van der Waals surface area contributed by atoms with Gasteiger partial charge in [0, 0.05) is 24.5 Å². The highest BCUT2D eigenvalue weighted by Gasteiger charge is 2.58. The third-order valence-corrected chi connectivity index (χ3v) is 5.25. The number of carbonyl (C=O) groups is 1. The molecule has 1 saturated heterocycles. The summed E-state index contributed by atoms with van der Waals surface area (Å²) in [6.07, 6.45) is 7.41. The van der Waals surface area contributed by atoms with Gasteiger partial charge < -0.3 is 10.6 Å². The molecule has 96 valence electrons. The van der Waals surface area contributed by atoms with Gasteiger partial charge in [0.1, 0.15) is 0 Å². The molecule has 3 aliphatic rings. The van der Waals surface area contributed by atoms with Gasteiger partial charge in [-0.1, -0.05) is 6.42 Å². The van der Waals surface area contributed by atoms with Crippen molar-refractivity contribution in [3.8, 4) is 0 Å². The number of hydrogen-bond acceptors (Lipinski definition) is 2. The van der Waals surface area contributed by atoms with Crippen LogP contribution < -0.4 is 5.73 Å². The zero-order chi connectivity index (χ0) is 12.0. The fourth-order valence-electron chi connectivity index (χ4n) is 4.28. The Balaban J connectivity index is 1.70. The van der Waals surface area contributed by atoms with Crippen LogP contribution in [0.1, 0.15) is 45.4 Å². The first-order chi connectivity index (χ1) is 8.24. The number of piperidine rings is 1. The summed E-state index contributed by atoms with van der Waals surface area (Å²) in [5.41, 5.74) is 5.84. The molecule has 17 heavy (non-hydrogen) atoms. The molecule has 3 fully saturated rings. The monoisotopic (exact) mass is 236 g/mol. The SMILES string of the molecule is CC1CCCC(CN)N1C(=O)C1C2CCCC21. The molecule has 0 spiro atoms. The number of hydrogen-bond donors (Lipinski definition) is 1. The summed E-state index contributed by atoms with van der Waals surface area (Å²) >= 11 is 0. The molecule has 1 aliphatic heterocycles. The van der Waals surface area contributed by atoms with Crippen molar-refractivity contribution in [2.24, 2.45) is 23.5 Å². The van der Waals surface area contributed by atoms with Gasteiger partial charge in [0.25, 0.3) is 0 Å². The van der Waals surface area contributed by atoms with Crippen LogP contribution in [0.2, 0.25) is 0 Å². The van der Waals surface area contributed by atoms with E-state index >= 15 is 0 Å². The van der Waals surface area contributed by atoms with Crippen molar-refractivity contribution in [1.29, 1.82) is 0 Å². The van der Waals surface area contributed by atoms with Gasteiger partial charge in [0.2, 0.25) is 5.91 Å². The lowest BCUT2D eigenvalue weighted by Gasteiger charge is -2.40. The highest BCUT2D eigenvalue weighted by molar-refractivity contribution is 5.83. The van der Waals surface area contributed by atoms with E-state index in [2.05, 4.69) is 11.8 Å². The number of amides is 1. The molecular weight excluding hydrogens is 212 g/mol. The van der Waals surface area contributed by atoms with Crippen molar-refractivity contribution in [3.63, 3.8) is 0 Å². The maximum absolute atomic E-state index is 12.6. The molecule has 1 heterocycles. The van der Waals surface area contributed by atoms with E-state index in [1.165, 1.54) is 25.7 Å². The minimum absolute atomic E-state index is 0.313. The molecule has 4 atom stereocenters. The molecule has 0 aromatic heterocycles. The molecular formula is C14H24N2O. The Morgan fingerprint density at radius 1 is 1.18 bits per heavy atom. The van der Waals surface area contributed by atoms with Gasteiger partial charge in [-0.3, -0.25) is 4.79 Å². The molecule has 3 nitrogen and oxygen atoms in total. The number of carbonyl (C=O) groups excluding carboxylic acids is 1. The maximum atomic E-state index is 12.6. The Labute approximate surface area is 104 Å². The Bertz CT molecular complexity index is 307. The first-order valence-corrected chi connectivity index (χ1v) is 7.26. The van der Waals surface area contributed by atoms with Crippen LogP contribution >= 0.6 is 0 Å². The molecule has 0 aromatic carbocycles. The van der Waals surface area contributed by atoms with Crippen LogP contribution in [-0.4, -0.2) is 29.4 Å². The highest BCUT2D eigenvalue weighted by Crippen LogP contribution is 2.58. The minimum atomic E-state index is 0.313. The van der Waals surface area contributed by atoms with Crippen molar-refractivity contribution in [2.75, 3.05) is 6.54 Å². The van der Waals surface area contributed by atoms with E-state index in [4.69, 9.17) is 5.73 Å². The third-order valence-electron chi connectivity index (χ3n) is 5.25. The van der Waals surface area contributed by atoms with Crippen LogP contribution in [0.5, 0.6) is 0 Å². The highest BCUT2D eigenvalue weighted by atomic mass is 16.2. The minimum Gasteiger partial charge on any atom is -0.335 e. The van der Waals surface area contributed by atoms with Crippen LogP contribution in [0, 0.1) is 17.8 Å². The lowest BCUT2D eigenvalue weighted by atomic mass is 9.95. The van der Waals surface area contributed by atoms with Gasteiger partial charge in [0.15, 0.2) is 0 Å². The van der Waals surface area contributed by atoms with E-state index in [0.29, 0.717) is 30.5 Å². The smallest absolute Gasteiger partial charge is 0.226 e. The Morgan fingerprint density at radius 2 is 1.82 bits per heavy atom. The second kappa shape index (κ2) is 4.27.